The smallest absolute Gasteiger partial charge is 0.314 e. The Bertz CT molecular complexity index is 1550. The van der Waals surface area contributed by atoms with Gasteiger partial charge in [-0.3, -0.25) is 9.59 Å². The number of aliphatic carboxylic acids is 2. The molecule has 0 bridgehead atoms. The van der Waals surface area contributed by atoms with Crippen molar-refractivity contribution in [3.8, 4) is 0 Å². The number of aliphatic hydroxyl groups excluding tert-OH is 6. The van der Waals surface area contributed by atoms with Crippen LogP contribution in [0.25, 0.3) is 0 Å². The molecule has 2 aliphatic heterocycles. The number of hydrogen-bond acceptors (Lipinski definition) is 12. The number of rotatable bonds is 7. The lowest BCUT2D eigenvalue weighted by molar-refractivity contribution is -0.364. The van der Waals surface area contributed by atoms with E-state index in [-0.39, 0.29) is 35.2 Å². The highest BCUT2D eigenvalue weighted by atomic mass is 16.7. The molecule has 0 radical (unpaired) electrons. The summed E-state index contributed by atoms with van der Waals surface area (Å²) in [7, 11) is 0. The SMILES string of the molecule is C[C@H]1[C@H](C)CC[C@]2(C(=O)O)CC[C@]3(C(=O)O)C(=CC[C@@H]4[C@@]5(C)CC[C@H](O[C@@H]6O[C@H](C)[C@H](O[C@@H]7O[C@H](CO)[C@@H](O)[C@H](O)[C@H]7O)[C@H](O)[C@H]6O)C(C)(C)[C@@H]5CC[C@]43C)[C@H]12. The maximum atomic E-state index is 13.9. The predicted octanol–water partition coefficient (Wildman–Crippen LogP) is 2.83. The third kappa shape index (κ3) is 5.85. The Morgan fingerprint density at radius 3 is 2.05 bits per heavy atom. The van der Waals surface area contributed by atoms with E-state index in [4.69, 9.17) is 18.9 Å². The van der Waals surface area contributed by atoms with E-state index in [9.17, 15) is 50.4 Å². The Kier molecular flexibility index (Phi) is 11.0. The van der Waals surface area contributed by atoms with E-state index < -0.39 is 102 Å². The molecule has 0 unspecified atom stereocenters. The summed E-state index contributed by atoms with van der Waals surface area (Å²) in [6, 6.07) is 0. The molecule has 14 heteroatoms. The predicted molar refractivity (Wildman–Crippen MR) is 198 cm³/mol. The van der Waals surface area contributed by atoms with Crippen LogP contribution in [0.2, 0.25) is 0 Å². The van der Waals surface area contributed by atoms with Crippen molar-refractivity contribution in [2.75, 3.05) is 6.61 Å². The molecule has 20 atom stereocenters. The second-order valence-electron chi connectivity index (χ2n) is 20.0. The van der Waals surface area contributed by atoms with Gasteiger partial charge in [-0.1, -0.05) is 53.2 Å². The molecule has 6 fully saturated rings. The summed E-state index contributed by atoms with van der Waals surface area (Å²) < 4.78 is 24.0. The van der Waals surface area contributed by atoms with Crippen LogP contribution in [0.1, 0.15) is 106 Å². The average molecular weight is 795 g/mol. The minimum Gasteiger partial charge on any atom is -0.481 e. The van der Waals surface area contributed by atoms with Gasteiger partial charge in [-0.05, 0) is 111 Å². The Labute approximate surface area is 329 Å². The van der Waals surface area contributed by atoms with Crippen molar-refractivity contribution in [2.24, 2.45) is 56.7 Å². The Balaban J connectivity index is 1.11. The highest BCUT2D eigenvalue weighted by molar-refractivity contribution is 5.84. The molecule has 0 amide bonds. The standard InChI is InChI=1S/C42H66O14/c1-19-10-15-41(36(49)50)16-17-42(37(51)52)22(27(41)20(19)2)8-9-25-39(6)13-12-26(38(4,5)24(39)11-14-40(25,42)7)55-34-32(48)30(46)33(21(3)53-34)56-35-31(47)29(45)28(44)23(18-43)54-35/h8,19-21,23-35,43-48H,9-18H2,1-7H3,(H,49,50)(H,51,52)/t19-,20+,21-,23-,24+,25-,26+,27+,28-,29+,30-,31-,32-,33+,34+,35+,39+,40-,41+,42-/m1/s1. The first-order valence-electron chi connectivity index (χ1n) is 20.9. The molecule has 0 spiro atoms. The number of ether oxygens (including phenoxy) is 4. The van der Waals surface area contributed by atoms with E-state index in [0.717, 1.165) is 24.8 Å². The summed E-state index contributed by atoms with van der Waals surface area (Å²) >= 11 is 0. The molecule has 56 heavy (non-hydrogen) atoms. The first-order chi connectivity index (χ1) is 26.1. The molecule has 14 nitrogen and oxygen atoms in total. The lowest BCUT2D eigenvalue weighted by Crippen LogP contribution is -2.68. The van der Waals surface area contributed by atoms with Gasteiger partial charge in [-0.25, -0.2) is 0 Å². The lowest BCUT2D eigenvalue weighted by atomic mass is 9.33. The highest BCUT2D eigenvalue weighted by Gasteiger charge is 2.73. The van der Waals surface area contributed by atoms with E-state index in [1.165, 1.54) is 0 Å². The van der Waals surface area contributed by atoms with Gasteiger partial charge in [-0.15, -0.1) is 0 Å². The molecule has 7 aliphatic rings. The van der Waals surface area contributed by atoms with Gasteiger partial charge in [0.2, 0.25) is 0 Å². The second-order valence-corrected chi connectivity index (χ2v) is 20.0. The van der Waals surface area contributed by atoms with Gasteiger partial charge in [0, 0.05) is 0 Å². The maximum Gasteiger partial charge on any atom is 0.314 e. The summed E-state index contributed by atoms with van der Waals surface area (Å²) in [5.41, 5.74) is -2.55. The number of carboxylic acids is 2. The van der Waals surface area contributed by atoms with Crippen molar-refractivity contribution in [2.45, 2.75) is 174 Å². The Hall–Kier alpha value is -1.72. The first kappa shape index (κ1) is 42.4. The summed E-state index contributed by atoms with van der Waals surface area (Å²) in [5.74, 6) is -1.45. The van der Waals surface area contributed by atoms with Crippen LogP contribution in [-0.2, 0) is 28.5 Å². The van der Waals surface area contributed by atoms with E-state index in [1.54, 1.807) is 6.92 Å². The largest absolute Gasteiger partial charge is 0.481 e. The first-order valence-corrected chi connectivity index (χ1v) is 20.9. The minimum absolute atomic E-state index is 0.0289. The number of aliphatic hydroxyl groups is 6. The quantitative estimate of drug-likeness (QED) is 0.137. The Morgan fingerprint density at radius 1 is 0.750 bits per heavy atom. The molecule has 2 saturated heterocycles. The molecule has 7 rings (SSSR count). The van der Waals surface area contributed by atoms with Crippen molar-refractivity contribution in [3.63, 3.8) is 0 Å². The third-order valence-electron chi connectivity index (χ3n) is 17.4. The van der Waals surface area contributed by atoms with Crippen molar-refractivity contribution in [1.29, 1.82) is 0 Å². The van der Waals surface area contributed by atoms with E-state index in [2.05, 4.69) is 47.6 Å². The summed E-state index contributed by atoms with van der Waals surface area (Å²) in [5, 5.41) is 85.2. The van der Waals surface area contributed by atoms with Crippen molar-refractivity contribution < 1.29 is 69.4 Å². The van der Waals surface area contributed by atoms with Crippen LogP contribution in [-0.4, -0.2) is 127 Å². The van der Waals surface area contributed by atoms with E-state index in [1.807, 2.05) is 0 Å². The van der Waals surface area contributed by atoms with Gasteiger partial charge in [0.15, 0.2) is 12.6 Å². The number of carboxylic acid groups (broad SMARTS) is 2. The molecule has 318 valence electrons. The molecule has 0 aromatic heterocycles. The topological polar surface area (TPSA) is 233 Å². The van der Waals surface area contributed by atoms with Crippen LogP contribution >= 0.6 is 0 Å². The lowest BCUT2D eigenvalue weighted by Gasteiger charge is -2.70. The van der Waals surface area contributed by atoms with Gasteiger partial charge in [0.25, 0.3) is 0 Å². The van der Waals surface area contributed by atoms with Crippen LogP contribution in [0.15, 0.2) is 11.6 Å². The zero-order valence-electron chi connectivity index (χ0n) is 33.9. The third-order valence-corrected chi connectivity index (χ3v) is 17.4. The van der Waals surface area contributed by atoms with Crippen LogP contribution in [0, 0.1) is 56.7 Å². The highest BCUT2D eigenvalue weighted by Crippen LogP contribution is 2.76. The fourth-order valence-corrected chi connectivity index (χ4v) is 14.0. The second kappa shape index (κ2) is 14.5. The molecule has 0 aromatic carbocycles. The maximum absolute atomic E-state index is 13.9. The van der Waals surface area contributed by atoms with Crippen LogP contribution in [0.3, 0.4) is 0 Å². The van der Waals surface area contributed by atoms with Gasteiger partial charge < -0.3 is 59.8 Å². The molecule has 0 aromatic rings. The van der Waals surface area contributed by atoms with Gasteiger partial charge in [0.05, 0.1) is 29.6 Å². The molecule has 2 heterocycles. The molecule has 5 aliphatic carbocycles. The van der Waals surface area contributed by atoms with Crippen LogP contribution in [0.4, 0.5) is 0 Å². The van der Waals surface area contributed by atoms with Gasteiger partial charge >= 0.3 is 11.9 Å². The number of carbonyl (C=O) groups is 2. The van der Waals surface area contributed by atoms with Crippen molar-refractivity contribution >= 4 is 11.9 Å². The normalized spacial score (nSPS) is 54.1. The van der Waals surface area contributed by atoms with E-state index in [0.29, 0.717) is 44.4 Å². The number of hydrogen-bond donors (Lipinski definition) is 8. The fraction of sp³-hybridized carbons (Fsp3) is 0.905. The van der Waals surface area contributed by atoms with Crippen molar-refractivity contribution in [1.82, 2.24) is 0 Å². The fourth-order valence-electron chi connectivity index (χ4n) is 14.0. The van der Waals surface area contributed by atoms with Crippen LogP contribution in [0.5, 0.6) is 0 Å². The summed E-state index contributed by atoms with van der Waals surface area (Å²) in [6.45, 7) is 14.1. The molecular formula is C42H66O14. The monoisotopic (exact) mass is 794 g/mol. The minimum atomic E-state index is -1.69. The van der Waals surface area contributed by atoms with Gasteiger partial charge in [0.1, 0.15) is 42.7 Å². The molecule has 4 saturated carbocycles. The molecular weight excluding hydrogens is 728 g/mol. The zero-order valence-corrected chi connectivity index (χ0v) is 33.9. The number of allylic oxidation sites excluding steroid dienone is 1. The summed E-state index contributed by atoms with van der Waals surface area (Å²) in [6.07, 6.45) is -6.76. The zero-order chi connectivity index (χ0) is 41.1. The average Bonchev–Trinajstić information content (AvgIpc) is 3.14. The summed E-state index contributed by atoms with van der Waals surface area (Å²) in [4.78, 5) is 27.0. The molecule has 8 N–H and O–H groups in total. The Morgan fingerprint density at radius 2 is 1.41 bits per heavy atom. The van der Waals surface area contributed by atoms with E-state index >= 15 is 0 Å². The van der Waals surface area contributed by atoms with Gasteiger partial charge in [-0.2, -0.15) is 0 Å². The number of fused-ring (bicyclic) bond motifs is 7. The van der Waals surface area contributed by atoms with Crippen LogP contribution < -0.4 is 0 Å². The van der Waals surface area contributed by atoms with Crippen molar-refractivity contribution in [3.05, 3.63) is 11.6 Å².